The fraction of sp³-hybridized carbons (Fsp3) is 0.125. The third-order valence-electron chi connectivity index (χ3n) is 1.69. The first-order valence-corrected chi connectivity index (χ1v) is 3.69. The highest BCUT2D eigenvalue weighted by Crippen LogP contribution is 2.29. The summed E-state index contributed by atoms with van der Waals surface area (Å²) in [7, 11) is 0. The minimum absolute atomic E-state index is 0.443. The number of aromatic carboxylic acids is 1. The van der Waals surface area contributed by atoms with Gasteiger partial charge in [0.15, 0.2) is 5.69 Å². The molecule has 0 aliphatic rings. The summed E-state index contributed by atoms with van der Waals surface area (Å²) >= 11 is 0. The molecule has 7 heteroatoms. The zero-order chi connectivity index (χ0) is 11.6. The van der Waals surface area contributed by atoms with Crippen molar-refractivity contribution in [2.24, 2.45) is 0 Å². The van der Waals surface area contributed by atoms with Crippen LogP contribution in [0.4, 0.5) is 14.5 Å². The molecule has 1 heterocycles. The Hall–Kier alpha value is -2.23. The van der Waals surface area contributed by atoms with E-state index in [1.54, 1.807) is 0 Å². The Morgan fingerprint density at radius 2 is 2.27 bits per heavy atom. The maximum atomic E-state index is 12.5. The molecule has 0 bridgehead atoms. The number of nitrogen functional groups attached to an aromatic ring is 1. The molecule has 0 fully saturated rings. The average molecular weight is 213 g/mol. The summed E-state index contributed by atoms with van der Waals surface area (Å²) in [6, 6.07) is 1.42. The van der Waals surface area contributed by atoms with Gasteiger partial charge in [-0.05, 0) is 0 Å². The number of halogens is 2. The van der Waals surface area contributed by atoms with Crippen molar-refractivity contribution in [3.05, 3.63) is 23.0 Å². The number of rotatable bonds is 2. The number of nitrogens with zero attached hydrogens (tertiary/aromatic N) is 2. The van der Waals surface area contributed by atoms with Crippen LogP contribution in [0.25, 0.3) is 0 Å². The van der Waals surface area contributed by atoms with Gasteiger partial charge in [-0.25, -0.2) is 18.6 Å². The molecule has 1 aromatic heterocycles. The van der Waals surface area contributed by atoms with E-state index >= 15 is 0 Å². The number of carboxylic acids is 1. The van der Waals surface area contributed by atoms with Gasteiger partial charge in [0, 0.05) is 0 Å². The van der Waals surface area contributed by atoms with Gasteiger partial charge in [0.1, 0.15) is 11.6 Å². The number of aromatic nitrogens is 1. The second-order valence-electron chi connectivity index (χ2n) is 2.57. The minimum atomic E-state index is -3.06. The topological polar surface area (TPSA) is 100 Å². The first kappa shape index (κ1) is 10.8. The summed E-state index contributed by atoms with van der Waals surface area (Å²) < 4.78 is 25.0. The van der Waals surface area contributed by atoms with Crippen LogP contribution >= 0.6 is 0 Å². The Morgan fingerprint density at radius 3 is 2.67 bits per heavy atom. The average Bonchev–Trinajstić information content (AvgIpc) is 2.16. The number of hydrogen-bond donors (Lipinski definition) is 2. The van der Waals surface area contributed by atoms with Crippen LogP contribution in [-0.4, -0.2) is 16.1 Å². The predicted molar refractivity (Wildman–Crippen MR) is 45.3 cm³/mol. The van der Waals surface area contributed by atoms with Crippen molar-refractivity contribution in [1.29, 1.82) is 5.26 Å². The Balaban J connectivity index is 3.60. The van der Waals surface area contributed by atoms with Crippen LogP contribution < -0.4 is 5.73 Å². The molecule has 0 atom stereocenters. The van der Waals surface area contributed by atoms with E-state index < -0.39 is 34.9 Å². The van der Waals surface area contributed by atoms with Crippen LogP contribution in [0, 0.1) is 11.3 Å². The molecule has 5 nitrogen and oxygen atoms in total. The number of hydrogen-bond acceptors (Lipinski definition) is 4. The molecule has 0 unspecified atom stereocenters. The van der Waals surface area contributed by atoms with Crippen LogP contribution in [0.15, 0.2) is 6.20 Å². The van der Waals surface area contributed by atoms with Crippen molar-refractivity contribution in [2.75, 3.05) is 5.73 Å². The number of carboxylic acid groups (broad SMARTS) is 1. The van der Waals surface area contributed by atoms with Crippen LogP contribution in [-0.2, 0) is 0 Å². The Morgan fingerprint density at radius 1 is 1.67 bits per heavy atom. The smallest absolute Gasteiger partial charge is 0.339 e. The molecule has 0 amide bonds. The SMILES string of the molecule is N#Cc1ncc(N)c(C(F)F)c1C(=O)O. The standard InChI is InChI=1S/C8H5F2N3O2/c9-7(10)5-3(12)2-13-4(1-11)6(5)8(14)15/h2,7H,12H2,(H,14,15). The molecule has 0 aliphatic carbocycles. The van der Waals surface area contributed by atoms with E-state index in [1.165, 1.54) is 6.07 Å². The van der Waals surface area contributed by atoms with Gasteiger partial charge in [0.05, 0.1) is 17.4 Å². The van der Waals surface area contributed by atoms with E-state index in [9.17, 15) is 13.6 Å². The number of nitrogens with two attached hydrogens (primary N) is 1. The third kappa shape index (κ3) is 1.83. The molecule has 0 aliphatic heterocycles. The number of nitriles is 1. The second-order valence-corrected chi connectivity index (χ2v) is 2.57. The van der Waals surface area contributed by atoms with Crippen molar-refractivity contribution < 1.29 is 18.7 Å². The molecular formula is C8H5F2N3O2. The van der Waals surface area contributed by atoms with Crippen molar-refractivity contribution >= 4 is 11.7 Å². The van der Waals surface area contributed by atoms with Gasteiger partial charge in [0.25, 0.3) is 6.43 Å². The molecule has 1 rings (SSSR count). The van der Waals surface area contributed by atoms with Gasteiger partial charge in [-0.15, -0.1) is 0 Å². The van der Waals surface area contributed by atoms with E-state index in [1.807, 2.05) is 0 Å². The molecule has 3 N–H and O–H groups in total. The third-order valence-corrected chi connectivity index (χ3v) is 1.69. The maximum Gasteiger partial charge on any atom is 0.339 e. The fourth-order valence-electron chi connectivity index (χ4n) is 1.08. The normalized spacial score (nSPS) is 10.0. The van der Waals surface area contributed by atoms with E-state index in [4.69, 9.17) is 16.1 Å². The summed E-state index contributed by atoms with van der Waals surface area (Å²) in [6.07, 6.45) is -2.22. The number of carbonyl (C=O) groups is 1. The van der Waals surface area contributed by atoms with E-state index in [-0.39, 0.29) is 0 Å². The molecule has 78 valence electrons. The molecular weight excluding hydrogens is 208 g/mol. The van der Waals surface area contributed by atoms with E-state index in [0.717, 1.165) is 6.20 Å². The second kappa shape index (κ2) is 3.88. The molecule has 15 heavy (non-hydrogen) atoms. The summed E-state index contributed by atoms with van der Waals surface area (Å²) in [4.78, 5) is 14.0. The lowest BCUT2D eigenvalue weighted by Gasteiger charge is -2.08. The van der Waals surface area contributed by atoms with Crippen LogP contribution in [0.5, 0.6) is 0 Å². The molecule has 0 saturated carbocycles. The number of pyridine rings is 1. The Bertz CT molecular complexity index is 454. The van der Waals surface area contributed by atoms with E-state index in [2.05, 4.69) is 4.98 Å². The van der Waals surface area contributed by atoms with Gasteiger partial charge in [-0.2, -0.15) is 5.26 Å². The van der Waals surface area contributed by atoms with Crippen LogP contribution in [0.1, 0.15) is 28.0 Å². The lowest BCUT2D eigenvalue weighted by atomic mass is 10.1. The Kier molecular flexibility index (Phi) is 2.80. The predicted octanol–water partition coefficient (Wildman–Crippen LogP) is 1.17. The van der Waals surface area contributed by atoms with Crippen LogP contribution in [0.2, 0.25) is 0 Å². The van der Waals surface area contributed by atoms with Crippen LogP contribution in [0.3, 0.4) is 0 Å². The summed E-state index contributed by atoms with van der Waals surface area (Å²) in [5.41, 5.74) is 2.44. The van der Waals surface area contributed by atoms with Gasteiger partial charge in [-0.1, -0.05) is 0 Å². The van der Waals surface area contributed by atoms with E-state index in [0.29, 0.717) is 0 Å². The number of alkyl halides is 2. The summed E-state index contributed by atoms with van der Waals surface area (Å²) in [5, 5.41) is 17.2. The Labute approximate surface area is 82.8 Å². The minimum Gasteiger partial charge on any atom is -0.478 e. The highest BCUT2D eigenvalue weighted by atomic mass is 19.3. The quantitative estimate of drug-likeness (QED) is 0.767. The van der Waals surface area contributed by atoms with Gasteiger partial charge in [0.2, 0.25) is 0 Å². The first-order valence-electron chi connectivity index (χ1n) is 3.69. The highest BCUT2D eigenvalue weighted by Gasteiger charge is 2.25. The highest BCUT2D eigenvalue weighted by molar-refractivity contribution is 5.93. The number of anilines is 1. The lowest BCUT2D eigenvalue weighted by molar-refractivity contribution is 0.0684. The molecule has 1 aromatic rings. The maximum absolute atomic E-state index is 12.5. The van der Waals surface area contributed by atoms with Gasteiger partial charge >= 0.3 is 5.97 Å². The van der Waals surface area contributed by atoms with Gasteiger partial charge in [-0.3, -0.25) is 0 Å². The van der Waals surface area contributed by atoms with Crippen molar-refractivity contribution in [2.45, 2.75) is 6.43 Å². The monoisotopic (exact) mass is 213 g/mol. The molecule has 0 saturated heterocycles. The fourth-order valence-corrected chi connectivity index (χ4v) is 1.08. The summed E-state index contributed by atoms with van der Waals surface area (Å²) in [5.74, 6) is -1.65. The molecule has 0 radical (unpaired) electrons. The zero-order valence-electron chi connectivity index (χ0n) is 7.24. The first-order chi connectivity index (χ1) is 6.99. The van der Waals surface area contributed by atoms with Crippen molar-refractivity contribution in [3.63, 3.8) is 0 Å². The van der Waals surface area contributed by atoms with Crippen molar-refractivity contribution in [3.8, 4) is 6.07 Å². The van der Waals surface area contributed by atoms with Gasteiger partial charge < -0.3 is 10.8 Å². The zero-order valence-corrected chi connectivity index (χ0v) is 7.24. The summed E-state index contributed by atoms with van der Waals surface area (Å²) in [6.45, 7) is 0. The molecule has 0 aromatic carbocycles. The lowest BCUT2D eigenvalue weighted by Crippen LogP contribution is -2.11. The van der Waals surface area contributed by atoms with Crippen molar-refractivity contribution in [1.82, 2.24) is 4.98 Å². The molecule has 0 spiro atoms. The largest absolute Gasteiger partial charge is 0.478 e.